The molecule has 0 unspecified atom stereocenters. The quantitative estimate of drug-likeness (QED) is 0.327. The Morgan fingerprint density at radius 1 is 1.44 bits per heavy atom. The Morgan fingerprint density at radius 2 is 1.89 bits per heavy atom. The second kappa shape index (κ2) is 3.06. The molecule has 4 nitrogen and oxygen atoms in total. The molecule has 0 radical (unpaired) electrons. The number of carbonyl (C=O) groups excluding carboxylic acids is 2. The van der Waals surface area contributed by atoms with E-state index in [4.69, 9.17) is 0 Å². The van der Waals surface area contributed by atoms with Crippen LogP contribution in [0.1, 0.15) is 13.8 Å². The van der Waals surface area contributed by atoms with Gasteiger partial charge in [0.25, 0.3) is 0 Å². The number of hydrogen-bond donors (Lipinski definition) is 0. The second-order valence-electron chi connectivity index (χ2n) is 1.74. The van der Waals surface area contributed by atoms with Gasteiger partial charge in [0.15, 0.2) is 5.97 Å². The Morgan fingerprint density at radius 3 is 2.00 bits per heavy atom. The van der Waals surface area contributed by atoms with Crippen LogP contribution in [0.15, 0.2) is 0 Å². The Kier molecular flexibility index (Phi) is 2.70. The molecule has 0 aromatic heterocycles. The molecule has 0 saturated carbocycles. The van der Waals surface area contributed by atoms with E-state index in [2.05, 4.69) is 4.74 Å². The number of ether oxygens (including phenoxy) is 1. The zero-order valence-electron chi connectivity index (χ0n) is 5.21. The fourth-order valence-electron chi connectivity index (χ4n) is 0.262. The van der Waals surface area contributed by atoms with Crippen LogP contribution in [0.4, 0.5) is 0 Å². The molecule has 0 heterocycles. The topological polar surface area (TPSA) is 66.4 Å². The van der Waals surface area contributed by atoms with Crippen molar-refractivity contribution in [1.82, 2.24) is 0 Å². The summed E-state index contributed by atoms with van der Waals surface area (Å²) >= 11 is 0. The third-order valence-corrected chi connectivity index (χ3v) is 0.509. The van der Waals surface area contributed by atoms with Gasteiger partial charge < -0.3 is 14.6 Å². The van der Waals surface area contributed by atoms with E-state index in [9.17, 15) is 14.7 Å². The van der Waals surface area contributed by atoms with Gasteiger partial charge >= 0.3 is 5.97 Å². The standard InChI is InChI=1S/C5H8O4/c1-3(2)9-5(8)4(6)7/h3H,1-2H3,(H,6,7)/p-1. The van der Waals surface area contributed by atoms with Crippen LogP contribution >= 0.6 is 0 Å². The van der Waals surface area contributed by atoms with Crippen LogP contribution in [0.3, 0.4) is 0 Å². The summed E-state index contributed by atoms with van der Waals surface area (Å²) in [5.41, 5.74) is 0. The molecule has 9 heavy (non-hydrogen) atoms. The molecule has 0 spiro atoms. The molecule has 0 amide bonds. The van der Waals surface area contributed by atoms with Gasteiger partial charge in [-0.05, 0) is 13.8 Å². The molecule has 0 rings (SSSR count). The molecular weight excluding hydrogens is 124 g/mol. The lowest BCUT2D eigenvalue weighted by molar-refractivity contribution is -0.304. The highest BCUT2D eigenvalue weighted by molar-refractivity contribution is 6.27. The van der Waals surface area contributed by atoms with E-state index in [1.54, 1.807) is 13.8 Å². The predicted octanol–water partition coefficient (Wildman–Crippen LogP) is -1.31. The van der Waals surface area contributed by atoms with Gasteiger partial charge in [-0.2, -0.15) is 0 Å². The minimum Gasteiger partial charge on any atom is -0.539 e. The highest BCUT2D eigenvalue weighted by Gasteiger charge is 2.04. The first-order valence-electron chi connectivity index (χ1n) is 2.46. The third-order valence-electron chi connectivity index (χ3n) is 0.509. The van der Waals surface area contributed by atoms with Crippen LogP contribution in [0.2, 0.25) is 0 Å². The van der Waals surface area contributed by atoms with Gasteiger partial charge in [0, 0.05) is 0 Å². The van der Waals surface area contributed by atoms with Crippen molar-refractivity contribution in [3.8, 4) is 0 Å². The van der Waals surface area contributed by atoms with Gasteiger partial charge in [-0.25, -0.2) is 4.79 Å². The minimum atomic E-state index is -1.80. The number of esters is 1. The van der Waals surface area contributed by atoms with Gasteiger partial charge in [0.1, 0.15) is 0 Å². The van der Waals surface area contributed by atoms with E-state index >= 15 is 0 Å². The molecule has 52 valence electrons. The minimum absolute atomic E-state index is 0.407. The number of rotatable bonds is 1. The van der Waals surface area contributed by atoms with Crippen molar-refractivity contribution in [2.24, 2.45) is 0 Å². The summed E-state index contributed by atoms with van der Waals surface area (Å²) in [4.78, 5) is 19.7. The third kappa shape index (κ3) is 3.52. The number of carboxylic acids is 1. The molecule has 0 N–H and O–H groups in total. The Hall–Kier alpha value is -1.06. The summed E-state index contributed by atoms with van der Waals surface area (Å²) in [6.07, 6.45) is -0.407. The highest BCUT2D eigenvalue weighted by atomic mass is 16.6. The lowest BCUT2D eigenvalue weighted by Gasteiger charge is -2.06. The first-order valence-corrected chi connectivity index (χ1v) is 2.46. The van der Waals surface area contributed by atoms with Crippen LogP contribution < -0.4 is 5.11 Å². The van der Waals surface area contributed by atoms with Crippen molar-refractivity contribution in [1.29, 1.82) is 0 Å². The molecule has 0 bridgehead atoms. The summed E-state index contributed by atoms with van der Waals surface area (Å²) in [6, 6.07) is 0. The van der Waals surface area contributed by atoms with Crippen LogP contribution in [0.5, 0.6) is 0 Å². The number of carbonyl (C=O) groups is 2. The lowest BCUT2D eigenvalue weighted by Crippen LogP contribution is -2.34. The zero-order valence-corrected chi connectivity index (χ0v) is 5.21. The van der Waals surface area contributed by atoms with Crippen molar-refractivity contribution < 1.29 is 19.4 Å². The fourth-order valence-corrected chi connectivity index (χ4v) is 0.262. The summed E-state index contributed by atoms with van der Waals surface area (Å²) in [5.74, 6) is -3.12. The molecule has 0 aromatic rings. The molecule has 0 saturated heterocycles. The zero-order chi connectivity index (χ0) is 7.44. The van der Waals surface area contributed by atoms with Gasteiger partial charge in [0.05, 0.1) is 6.10 Å². The predicted molar refractivity (Wildman–Crippen MR) is 26.2 cm³/mol. The van der Waals surface area contributed by atoms with Crippen LogP contribution in [0.25, 0.3) is 0 Å². The Bertz CT molecular complexity index is 127. The van der Waals surface area contributed by atoms with Gasteiger partial charge in [-0.15, -0.1) is 0 Å². The van der Waals surface area contributed by atoms with Gasteiger partial charge in [-0.1, -0.05) is 0 Å². The molecular formula is C5H7O4-. The van der Waals surface area contributed by atoms with E-state index in [1.807, 2.05) is 0 Å². The van der Waals surface area contributed by atoms with Crippen LogP contribution in [-0.2, 0) is 14.3 Å². The number of carboxylic acid groups (broad SMARTS) is 1. The van der Waals surface area contributed by atoms with Crippen molar-refractivity contribution >= 4 is 11.9 Å². The van der Waals surface area contributed by atoms with E-state index in [0.29, 0.717) is 0 Å². The number of hydrogen-bond acceptors (Lipinski definition) is 4. The van der Waals surface area contributed by atoms with Crippen molar-refractivity contribution in [2.45, 2.75) is 20.0 Å². The molecule has 0 atom stereocenters. The van der Waals surface area contributed by atoms with Crippen molar-refractivity contribution in [3.05, 3.63) is 0 Å². The molecule has 0 aliphatic rings. The van der Waals surface area contributed by atoms with E-state index in [1.165, 1.54) is 0 Å². The van der Waals surface area contributed by atoms with Gasteiger partial charge in [0.2, 0.25) is 0 Å². The monoisotopic (exact) mass is 131 g/mol. The maximum Gasteiger partial charge on any atom is 0.354 e. The van der Waals surface area contributed by atoms with Crippen molar-refractivity contribution in [2.75, 3.05) is 0 Å². The second-order valence-corrected chi connectivity index (χ2v) is 1.74. The summed E-state index contributed by atoms with van der Waals surface area (Å²) in [5, 5.41) is 9.65. The van der Waals surface area contributed by atoms with Crippen molar-refractivity contribution in [3.63, 3.8) is 0 Å². The lowest BCUT2D eigenvalue weighted by atomic mass is 10.5. The Labute approximate surface area is 52.4 Å². The summed E-state index contributed by atoms with van der Waals surface area (Å²) in [6.45, 7) is 3.11. The maximum absolute atomic E-state index is 10.1. The first-order chi connectivity index (χ1) is 4.04. The largest absolute Gasteiger partial charge is 0.539 e. The van der Waals surface area contributed by atoms with E-state index < -0.39 is 18.0 Å². The molecule has 0 aliphatic carbocycles. The highest BCUT2D eigenvalue weighted by Crippen LogP contribution is 1.86. The SMILES string of the molecule is CC(C)OC(=O)C(=O)[O-]. The molecule has 0 aromatic carbocycles. The summed E-state index contributed by atoms with van der Waals surface area (Å²) < 4.78 is 4.21. The average Bonchev–Trinajstić information content (AvgIpc) is 1.63. The molecule has 4 heteroatoms. The normalized spacial score (nSPS) is 9.22. The van der Waals surface area contributed by atoms with E-state index in [-0.39, 0.29) is 0 Å². The average molecular weight is 131 g/mol. The van der Waals surface area contributed by atoms with Crippen LogP contribution in [0, 0.1) is 0 Å². The Balaban J connectivity index is 3.65. The van der Waals surface area contributed by atoms with Crippen LogP contribution in [-0.4, -0.2) is 18.0 Å². The summed E-state index contributed by atoms with van der Waals surface area (Å²) in [7, 11) is 0. The van der Waals surface area contributed by atoms with E-state index in [0.717, 1.165) is 0 Å². The smallest absolute Gasteiger partial charge is 0.354 e. The first kappa shape index (κ1) is 7.94. The fraction of sp³-hybridized carbons (Fsp3) is 0.600. The maximum atomic E-state index is 10.1. The molecule has 0 aliphatic heterocycles. The van der Waals surface area contributed by atoms with Gasteiger partial charge in [-0.3, -0.25) is 0 Å². The molecule has 0 fully saturated rings. The number of aliphatic carboxylic acids is 1.